The van der Waals surface area contributed by atoms with Crippen LogP contribution in [0.2, 0.25) is 0 Å². The molecule has 0 amide bonds. The predicted octanol–water partition coefficient (Wildman–Crippen LogP) is 1.66. The highest BCUT2D eigenvalue weighted by Gasteiger charge is 2.26. The second-order valence-electron chi connectivity index (χ2n) is 2.85. The first-order chi connectivity index (χ1) is 4.62. The SMILES string of the molecule is CC(=O)O[C@]1(C)C=CCC1. The van der Waals surface area contributed by atoms with Crippen molar-refractivity contribution in [3.8, 4) is 0 Å². The number of rotatable bonds is 1. The molecule has 0 aromatic rings. The molecular formula is C8H12O2. The highest BCUT2D eigenvalue weighted by Crippen LogP contribution is 2.25. The van der Waals surface area contributed by atoms with Crippen LogP contribution in [0.15, 0.2) is 12.2 Å². The van der Waals surface area contributed by atoms with Crippen molar-refractivity contribution in [3.63, 3.8) is 0 Å². The Hall–Kier alpha value is -0.790. The molecule has 1 atom stereocenters. The number of hydrogen-bond donors (Lipinski definition) is 0. The maximum atomic E-state index is 10.5. The number of hydrogen-bond acceptors (Lipinski definition) is 2. The molecule has 0 unspecified atom stereocenters. The molecule has 0 spiro atoms. The minimum absolute atomic E-state index is 0.200. The molecule has 0 aliphatic heterocycles. The highest BCUT2D eigenvalue weighted by atomic mass is 16.6. The van der Waals surface area contributed by atoms with Crippen LogP contribution in [0.5, 0.6) is 0 Å². The Morgan fingerprint density at radius 1 is 1.70 bits per heavy atom. The smallest absolute Gasteiger partial charge is 0.303 e. The Kier molecular flexibility index (Phi) is 1.79. The number of carbonyl (C=O) groups is 1. The summed E-state index contributed by atoms with van der Waals surface area (Å²) in [5, 5.41) is 0. The highest BCUT2D eigenvalue weighted by molar-refractivity contribution is 5.66. The number of allylic oxidation sites excluding steroid dienone is 1. The molecule has 2 nitrogen and oxygen atoms in total. The lowest BCUT2D eigenvalue weighted by Gasteiger charge is -2.20. The second-order valence-corrected chi connectivity index (χ2v) is 2.85. The van der Waals surface area contributed by atoms with Crippen LogP contribution in [0.1, 0.15) is 26.7 Å². The van der Waals surface area contributed by atoms with Crippen LogP contribution in [-0.4, -0.2) is 11.6 Å². The minimum atomic E-state index is -0.314. The monoisotopic (exact) mass is 140 g/mol. The van der Waals surface area contributed by atoms with E-state index in [2.05, 4.69) is 0 Å². The Morgan fingerprint density at radius 2 is 2.40 bits per heavy atom. The van der Waals surface area contributed by atoms with Crippen molar-refractivity contribution in [3.05, 3.63) is 12.2 Å². The van der Waals surface area contributed by atoms with Crippen LogP contribution >= 0.6 is 0 Å². The summed E-state index contributed by atoms with van der Waals surface area (Å²) in [4.78, 5) is 10.5. The first kappa shape index (κ1) is 7.32. The Bertz CT molecular complexity index is 172. The third kappa shape index (κ3) is 1.59. The zero-order valence-electron chi connectivity index (χ0n) is 6.39. The summed E-state index contributed by atoms with van der Waals surface area (Å²) >= 11 is 0. The number of carbonyl (C=O) groups excluding carboxylic acids is 1. The van der Waals surface area contributed by atoms with E-state index in [0.717, 1.165) is 12.8 Å². The molecule has 1 aliphatic rings. The number of ether oxygens (including phenoxy) is 1. The second kappa shape index (κ2) is 2.45. The van der Waals surface area contributed by atoms with Crippen LogP contribution in [-0.2, 0) is 9.53 Å². The molecule has 2 heteroatoms. The van der Waals surface area contributed by atoms with Crippen LogP contribution in [0.3, 0.4) is 0 Å². The van der Waals surface area contributed by atoms with Crippen molar-refractivity contribution in [1.29, 1.82) is 0 Å². The van der Waals surface area contributed by atoms with Gasteiger partial charge in [-0.05, 0) is 25.8 Å². The van der Waals surface area contributed by atoms with E-state index in [1.54, 1.807) is 0 Å². The molecule has 0 N–H and O–H groups in total. The van der Waals surface area contributed by atoms with E-state index in [4.69, 9.17) is 4.74 Å². The van der Waals surface area contributed by atoms with Crippen molar-refractivity contribution in [2.45, 2.75) is 32.3 Å². The Labute approximate surface area is 60.9 Å². The van der Waals surface area contributed by atoms with Gasteiger partial charge in [-0.25, -0.2) is 0 Å². The predicted molar refractivity (Wildman–Crippen MR) is 38.5 cm³/mol. The maximum Gasteiger partial charge on any atom is 0.303 e. The molecule has 10 heavy (non-hydrogen) atoms. The molecule has 0 bridgehead atoms. The van der Waals surface area contributed by atoms with Crippen molar-refractivity contribution < 1.29 is 9.53 Å². The Balaban J connectivity index is 2.52. The van der Waals surface area contributed by atoms with Gasteiger partial charge in [0, 0.05) is 6.92 Å². The molecule has 0 saturated carbocycles. The van der Waals surface area contributed by atoms with E-state index >= 15 is 0 Å². The van der Waals surface area contributed by atoms with Gasteiger partial charge in [-0.15, -0.1) is 0 Å². The van der Waals surface area contributed by atoms with E-state index in [1.165, 1.54) is 6.92 Å². The van der Waals surface area contributed by atoms with Crippen molar-refractivity contribution in [1.82, 2.24) is 0 Å². The van der Waals surface area contributed by atoms with Crippen LogP contribution < -0.4 is 0 Å². The first-order valence-corrected chi connectivity index (χ1v) is 3.50. The lowest BCUT2D eigenvalue weighted by molar-refractivity contribution is -0.150. The van der Waals surface area contributed by atoms with Gasteiger partial charge in [-0.3, -0.25) is 4.79 Å². The third-order valence-electron chi connectivity index (χ3n) is 1.65. The fraction of sp³-hybridized carbons (Fsp3) is 0.625. The summed E-state index contributed by atoms with van der Waals surface area (Å²) in [6, 6.07) is 0. The average molecular weight is 140 g/mol. The van der Waals surface area contributed by atoms with Gasteiger partial charge in [-0.1, -0.05) is 6.08 Å². The summed E-state index contributed by atoms with van der Waals surface area (Å²) in [5.41, 5.74) is -0.314. The zero-order valence-corrected chi connectivity index (χ0v) is 6.39. The van der Waals surface area contributed by atoms with Gasteiger partial charge in [0.25, 0.3) is 0 Å². The lowest BCUT2D eigenvalue weighted by atomic mass is 10.1. The fourth-order valence-electron chi connectivity index (χ4n) is 1.20. The summed E-state index contributed by atoms with van der Waals surface area (Å²) in [7, 11) is 0. The molecule has 56 valence electrons. The van der Waals surface area contributed by atoms with Gasteiger partial charge in [0.1, 0.15) is 5.60 Å². The maximum absolute atomic E-state index is 10.5. The first-order valence-electron chi connectivity index (χ1n) is 3.50. The van der Waals surface area contributed by atoms with E-state index in [1.807, 2.05) is 19.1 Å². The van der Waals surface area contributed by atoms with Crippen molar-refractivity contribution >= 4 is 5.97 Å². The summed E-state index contributed by atoms with van der Waals surface area (Å²) in [6.07, 6.45) is 5.94. The fourth-order valence-corrected chi connectivity index (χ4v) is 1.20. The molecule has 0 saturated heterocycles. The summed E-state index contributed by atoms with van der Waals surface area (Å²) < 4.78 is 5.07. The van der Waals surface area contributed by atoms with Gasteiger partial charge >= 0.3 is 5.97 Å². The molecule has 0 fully saturated rings. The van der Waals surface area contributed by atoms with Gasteiger partial charge in [0.2, 0.25) is 0 Å². The number of esters is 1. The molecule has 0 heterocycles. The third-order valence-corrected chi connectivity index (χ3v) is 1.65. The molecule has 0 aromatic heterocycles. The average Bonchev–Trinajstić information content (AvgIpc) is 2.12. The topological polar surface area (TPSA) is 26.3 Å². The van der Waals surface area contributed by atoms with Gasteiger partial charge in [-0.2, -0.15) is 0 Å². The standard InChI is InChI=1S/C8H12O2/c1-7(9)10-8(2)5-3-4-6-8/h3,5H,4,6H2,1-2H3/t8-/m1/s1. The lowest BCUT2D eigenvalue weighted by Crippen LogP contribution is -2.25. The van der Waals surface area contributed by atoms with Gasteiger partial charge in [0.05, 0.1) is 0 Å². The van der Waals surface area contributed by atoms with E-state index in [9.17, 15) is 4.79 Å². The summed E-state index contributed by atoms with van der Waals surface area (Å²) in [5.74, 6) is -0.200. The van der Waals surface area contributed by atoms with E-state index in [-0.39, 0.29) is 11.6 Å². The molecule has 1 rings (SSSR count). The van der Waals surface area contributed by atoms with E-state index < -0.39 is 0 Å². The molecule has 1 aliphatic carbocycles. The largest absolute Gasteiger partial charge is 0.455 e. The van der Waals surface area contributed by atoms with Gasteiger partial charge < -0.3 is 4.74 Å². The van der Waals surface area contributed by atoms with Crippen LogP contribution in [0, 0.1) is 0 Å². The molecule has 0 aromatic carbocycles. The Morgan fingerprint density at radius 3 is 2.80 bits per heavy atom. The van der Waals surface area contributed by atoms with Crippen LogP contribution in [0.4, 0.5) is 0 Å². The molecular weight excluding hydrogens is 128 g/mol. The van der Waals surface area contributed by atoms with Gasteiger partial charge in [0.15, 0.2) is 0 Å². The van der Waals surface area contributed by atoms with Crippen LogP contribution in [0.25, 0.3) is 0 Å². The normalized spacial score (nSPS) is 30.6. The van der Waals surface area contributed by atoms with Crippen molar-refractivity contribution in [2.24, 2.45) is 0 Å². The zero-order chi connectivity index (χ0) is 7.61. The van der Waals surface area contributed by atoms with Crippen molar-refractivity contribution in [2.75, 3.05) is 0 Å². The van der Waals surface area contributed by atoms with E-state index in [0.29, 0.717) is 0 Å². The minimum Gasteiger partial charge on any atom is -0.455 e. The quantitative estimate of drug-likeness (QED) is 0.409. The summed E-state index contributed by atoms with van der Waals surface area (Å²) in [6.45, 7) is 3.37. The molecule has 0 radical (unpaired) electrons.